The van der Waals surface area contributed by atoms with Crippen molar-refractivity contribution in [3.63, 3.8) is 0 Å². The van der Waals surface area contributed by atoms with Crippen molar-refractivity contribution >= 4 is 33.5 Å². The van der Waals surface area contributed by atoms with Gasteiger partial charge in [-0.05, 0) is 33.1 Å². The summed E-state index contributed by atoms with van der Waals surface area (Å²) in [6.07, 6.45) is 4.84. The first-order valence-electron chi connectivity index (χ1n) is 6.70. The van der Waals surface area contributed by atoms with E-state index in [2.05, 4.69) is 12.2 Å². The Hall–Kier alpha value is -0.360. The van der Waals surface area contributed by atoms with E-state index in [0.717, 1.165) is 18.1 Å². The molecule has 19 heavy (non-hydrogen) atoms. The first kappa shape index (κ1) is 16.7. The third-order valence-corrected chi connectivity index (χ3v) is 5.82. The second-order valence-electron chi connectivity index (χ2n) is 4.45. The molecule has 0 aliphatic carbocycles. The van der Waals surface area contributed by atoms with Crippen LogP contribution in [0.1, 0.15) is 39.0 Å². The first-order valence-corrected chi connectivity index (χ1v) is 9.09. The highest BCUT2D eigenvalue weighted by atomic mass is 33.1. The van der Waals surface area contributed by atoms with E-state index >= 15 is 0 Å². The monoisotopic (exact) mass is 304 g/mol. The number of amides is 1. The molecule has 1 N–H and O–H groups in total. The molecule has 0 bridgehead atoms. The summed E-state index contributed by atoms with van der Waals surface area (Å²) in [5.74, 6) is 0.648. The van der Waals surface area contributed by atoms with Gasteiger partial charge in [0.2, 0.25) is 5.91 Å². The van der Waals surface area contributed by atoms with Gasteiger partial charge in [-0.25, -0.2) is 4.79 Å². The Labute approximate surface area is 123 Å². The molecule has 0 spiro atoms. The number of hydrogen-bond donors (Lipinski definition) is 1. The average Bonchev–Trinajstić information content (AvgIpc) is 2.88. The van der Waals surface area contributed by atoms with E-state index in [1.54, 1.807) is 6.92 Å². The molecule has 0 saturated carbocycles. The Balaban J connectivity index is 2.05. The summed E-state index contributed by atoms with van der Waals surface area (Å²) >= 11 is 0. The predicted octanol–water partition coefficient (Wildman–Crippen LogP) is 2.58. The van der Waals surface area contributed by atoms with Crippen molar-refractivity contribution in [1.82, 2.24) is 5.32 Å². The lowest BCUT2D eigenvalue weighted by molar-refractivity contribution is -0.146. The van der Waals surface area contributed by atoms with E-state index in [1.807, 2.05) is 21.6 Å². The molecule has 1 amide bonds. The Morgan fingerprint density at radius 1 is 1.47 bits per heavy atom. The highest BCUT2D eigenvalue weighted by molar-refractivity contribution is 8.77. The molecule has 1 saturated heterocycles. The fraction of sp³-hybridized carbons (Fsp3) is 0.769. The van der Waals surface area contributed by atoms with E-state index in [9.17, 15) is 9.59 Å². The number of carbonyl (C=O) groups excluding carboxylic acids is 2. The summed E-state index contributed by atoms with van der Waals surface area (Å²) < 4.78 is 4.78. The van der Waals surface area contributed by atoms with Crippen molar-refractivity contribution < 1.29 is 14.3 Å². The standard InChI is InChI=1S/C13H22NO3S2/c1-3-17-13(16)10(2)14-12(15)7-5-4-6-11-8-9-18-19-11/h10-11H,2-9H2,1H3,(H,14,15)/t10-,11?/m0/s1. The molecule has 1 aliphatic rings. The van der Waals surface area contributed by atoms with E-state index in [1.165, 1.54) is 18.6 Å². The molecule has 1 fully saturated rings. The van der Waals surface area contributed by atoms with Gasteiger partial charge in [0.05, 0.1) is 6.61 Å². The molecule has 0 aromatic carbocycles. The third kappa shape index (κ3) is 7.11. The van der Waals surface area contributed by atoms with Gasteiger partial charge in [0.1, 0.15) is 6.04 Å². The summed E-state index contributed by atoms with van der Waals surface area (Å²) in [5, 5.41) is 3.32. The van der Waals surface area contributed by atoms with Crippen LogP contribution in [0.5, 0.6) is 0 Å². The van der Waals surface area contributed by atoms with Gasteiger partial charge in [-0.2, -0.15) is 0 Å². The molecule has 1 heterocycles. The lowest BCUT2D eigenvalue weighted by Crippen LogP contribution is -2.39. The topological polar surface area (TPSA) is 55.4 Å². The molecule has 1 rings (SSSR count). The Morgan fingerprint density at radius 2 is 2.26 bits per heavy atom. The van der Waals surface area contributed by atoms with Crippen LogP contribution in [0.15, 0.2) is 0 Å². The number of unbranched alkanes of at least 4 members (excludes halogenated alkanes) is 1. The average molecular weight is 304 g/mol. The largest absolute Gasteiger partial charge is 0.464 e. The summed E-state index contributed by atoms with van der Waals surface area (Å²) in [7, 11) is 3.91. The Kier molecular flexibility index (Phi) is 8.37. The van der Waals surface area contributed by atoms with Gasteiger partial charge < -0.3 is 10.1 Å². The first-order chi connectivity index (χ1) is 9.13. The van der Waals surface area contributed by atoms with Crippen molar-refractivity contribution in [1.29, 1.82) is 0 Å². The number of esters is 1. The van der Waals surface area contributed by atoms with E-state index in [4.69, 9.17) is 4.74 Å². The lowest BCUT2D eigenvalue weighted by Gasteiger charge is -2.12. The highest BCUT2D eigenvalue weighted by Crippen LogP contribution is 2.39. The maximum Gasteiger partial charge on any atom is 0.328 e. The molecule has 0 aromatic rings. The third-order valence-electron chi connectivity index (χ3n) is 2.81. The van der Waals surface area contributed by atoms with Gasteiger partial charge in [0.15, 0.2) is 0 Å². The quantitative estimate of drug-likeness (QED) is 0.424. The molecule has 1 radical (unpaired) electrons. The van der Waals surface area contributed by atoms with Crippen LogP contribution >= 0.6 is 21.6 Å². The Morgan fingerprint density at radius 3 is 2.89 bits per heavy atom. The van der Waals surface area contributed by atoms with Gasteiger partial charge in [0.25, 0.3) is 0 Å². The van der Waals surface area contributed by atoms with Crippen molar-refractivity contribution in [2.45, 2.75) is 50.3 Å². The van der Waals surface area contributed by atoms with Crippen molar-refractivity contribution in [2.24, 2.45) is 0 Å². The molecular formula is C13H22NO3S2. The van der Waals surface area contributed by atoms with Gasteiger partial charge in [-0.15, -0.1) is 0 Å². The minimum Gasteiger partial charge on any atom is -0.464 e. The van der Waals surface area contributed by atoms with Crippen LogP contribution in [0.25, 0.3) is 0 Å². The van der Waals surface area contributed by atoms with Crippen molar-refractivity contribution in [2.75, 3.05) is 12.4 Å². The van der Waals surface area contributed by atoms with E-state index in [0.29, 0.717) is 13.0 Å². The number of hydrogen-bond acceptors (Lipinski definition) is 5. The summed E-state index contributed by atoms with van der Waals surface area (Å²) in [4.78, 5) is 22.9. The summed E-state index contributed by atoms with van der Waals surface area (Å²) in [5.41, 5.74) is 0. The maximum absolute atomic E-state index is 11.6. The number of carbonyl (C=O) groups is 2. The van der Waals surface area contributed by atoms with Gasteiger partial charge >= 0.3 is 5.97 Å². The Bertz CT molecular complexity index is 294. The van der Waals surface area contributed by atoms with Crippen molar-refractivity contribution in [3.8, 4) is 0 Å². The van der Waals surface area contributed by atoms with Crippen LogP contribution in [0.2, 0.25) is 0 Å². The highest BCUT2D eigenvalue weighted by Gasteiger charge is 2.17. The molecule has 109 valence electrons. The molecule has 6 heteroatoms. The zero-order valence-corrected chi connectivity index (χ0v) is 13.0. The predicted molar refractivity (Wildman–Crippen MR) is 80.8 cm³/mol. The fourth-order valence-electron chi connectivity index (χ4n) is 1.79. The lowest BCUT2D eigenvalue weighted by atomic mass is 10.1. The molecule has 4 nitrogen and oxygen atoms in total. The zero-order chi connectivity index (χ0) is 14.1. The van der Waals surface area contributed by atoms with Crippen LogP contribution < -0.4 is 5.32 Å². The van der Waals surface area contributed by atoms with Crippen LogP contribution in [0.3, 0.4) is 0 Å². The number of nitrogens with one attached hydrogen (secondary N) is 1. The second kappa shape index (κ2) is 9.53. The molecule has 2 atom stereocenters. The smallest absolute Gasteiger partial charge is 0.328 e. The minimum absolute atomic E-state index is 0.124. The molecule has 1 unspecified atom stereocenters. The molecular weight excluding hydrogens is 282 g/mol. The van der Waals surface area contributed by atoms with Gasteiger partial charge in [-0.3, -0.25) is 4.79 Å². The van der Waals surface area contributed by atoms with Gasteiger partial charge in [0, 0.05) is 17.4 Å². The van der Waals surface area contributed by atoms with Crippen LogP contribution in [0, 0.1) is 6.92 Å². The molecule has 0 aromatic heterocycles. The summed E-state index contributed by atoms with van der Waals surface area (Å²) in [6.45, 7) is 5.61. The SMILES string of the molecule is [CH2][C@H](NC(=O)CCCCC1CCSS1)C(=O)OCC. The summed E-state index contributed by atoms with van der Waals surface area (Å²) in [6, 6.07) is -0.797. The number of ether oxygens (including phenoxy) is 1. The molecule has 1 aliphatic heterocycles. The van der Waals surface area contributed by atoms with Crippen LogP contribution in [-0.2, 0) is 14.3 Å². The second-order valence-corrected chi connectivity index (χ2v) is 7.23. The van der Waals surface area contributed by atoms with E-state index < -0.39 is 12.0 Å². The van der Waals surface area contributed by atoms with Crippen LogP contribution in [-0.4, -0.2) is 35.5 Å². The van der Waals surface area contributed by atoms with Crippen LogP contribution in [0.4, 0.5) is 0 Å². The van der Waals surface area contributed by atoms with Crippen molar-refractivity contribution in [3.05, 3.63) is 6.92 Å². The minimum atomic E-state index is -0.797. The maximum atomic E-state index is 11.6. The normalized spacial score (nSPS) is 20.0. The number of rotatable bonds is 8. The fourth-order valence-corrected chi connectivity index (χ4v) is 4.82. The van der Waals surface area contributed by atoms with E-state index in [-0.39, 0.29) is 5.91 Å². The van der Waals surface area contributed by atoms with Gasteiger partial charge in [-0.1, -0.05) is 28.0 Å². The zero-order valence-electron chi connectivity index (χ0n) is 11.4.